The van der Waals surface area contributed by atoms with E-state index in [0.717, 1.165) is 25.7 Å². The second-order valence-electron chi connectivity index (χ2n) is 18.7. The predicted octanol–water partition coefficient (Wildman–Crippen LogP) is 17.9. The summed E-state index contributed by atoms with van der Waals surface area (Å²) >= 11 is 0. The van der Waals surface area contributed by atoms with E-state index in [1.807, 2.05) is 0 Å². The number of rotatable bonds is 12. The average molecular weight is 921 g/mol. The van der Waals surface area contributed by atoms with Gasteiger partial charge in [0.1, 0.15) is 0 Å². The monoisotopic (exact) mass is 920 g/mol. The molecule has 0 heterocycles. The van der Waals surface area contributed by atoms with Gasteiger partial charge in [-0.25, -0.2) is 0 Å². The molecule has 10 aromatic carbocycles. The molecular formula is C72H56. The molecule has 4 aliphatic rings. The Balaban J connectivity index is 1.16. The van der Waals surface area contributed by atoms with E-state index in [1.165, 1.54) is 111 Å². The van der Waals surface area contributed by atoms with E-state index in [1.54, 1.807) is 0 Å². The smallest absolute Gasteiger partial charge is 0.0105 e. The van der Waals surface area contributed by atoms with Crippen molar-refractivity contribution in [1.29, 1.82) is 0 Å². The molecule has 0 nitrogen and oxygen atoms in total. The summed E-state index contributed by atoms with van der Waals surface area (Å²) in [7, 11) is 0. The summed E-state index contributed by atoms with van der Waals surface area (Å²) in [6.45, 7) is 0. The zero-order chi connectivity index (χ0) is 48.3. The van der Waals surface area contributed by atoms with Crippen LogP contribution < -0.4 is 0 Å². The highest BCUT2D eigenvalue weighted by molar-refractivity contribution is 5.96. The van der Waals surface area contributed by atoms with Crippen LogP contribution in [0.15, 0.2) is 267 Å². The second kappa shape index (κ2) is 21.8. The number of aryl methyl sites for hydroxylation is 4. The Morgan fingerprint density at radius 2 is 0.333 bits per heavy atom. The Hall–Kier alpha value is -8.84. The molecule has 0 heteroatoms. The van der Waals surface area contributed by atoms with Crippen molar-refractivity contribution in [3.8, 4) is 0 Å². The minimum atomic E-state index is 0.843. The maximum atomic E-state index is 2.52. The van der Waals surface area contributed by atoms with Crippen LogP contribution in [-0.4, -0.2) is 0 Å². The summed E-state index contributed by atoms with van der Waals surface area (Å²) in [5.74, 6) is 0. The number of hydrogen-bond acceptors (Lipinski definition) is 0. The van der Waals surface area contributed by atoms with Crippen molar-refractivity contribution >= 4 is 46.6 Å². The number of hydrogen-bond donors (Lipinski definition) is 0. The largest absolute Gasteiger partial charge is 0.0622 e. The molecule has 0 radical (unpaired) electrons. The lowest BCUT2D eigenvalue weighted by molar-refractivity contribution is 0.912. The molecule has 10 aromatic rings. The molecule has 14 rings (SSSR count). The zero-order valence-corrected chi connectivity index (χ0v) is 40.5. The summed E-state index contributed by atoms with van der Waals surface area (Å²) in [4.78, 5) is 0. The topological polar surface area (TPSA) is 0 Å². The SMILES string of the molecule is C(=C(c1ccccc1)c1ccccc1)c1cc2c(C=C(c3ccccc3)c3ccccc3)cc1CCc1cc(C=C(c3ccccc3)c3ccccc3)c(cc1C=C(c1ccccc1)c1ccccc1)CC2. The highest BCUT2D eigenvalue weighted by Gasteiger charge is 2.19. The Morgan fingerprint density at radius 1 is 0.194 bits per heavy atom. The third kappa shape index (κ3) is 10.5. The first-order valence-electron chi connectivity index (χ1n) is 25.3. The van der Waals surface area contributed by atoms with Gasteiger partial charge >= 0.3 is 0 Å². The molecule has 0 saturated carbocycles. The van der Waals surface area contributed by atoms with Crippen LogP contribution in [0.3, 0.4) is 0 Å². The van der Waals surface area contributed by atoms with Gasteiger partial charge in [0, 0.05) is 0 Å². The molecule has 0 spiro atoms. The van der Waals surface area contributed by atoms with Gasteiger partial charge in [-0.15, -0.1) is 0 Å². The van der Waals surface area contributed by atoms with E-state index in [-0.39, 0.29) is 0 Å². The highest BCUT2D eigenvalue weighted by atomic mass is 14.2. The molecule has 4 aliphatic carbocycles. The fourth-order valence-electron chi connectivity index (χ4n) is 10.3. The molecule has 0 saturated heterocycles. The third-order valence-corrected chi connectivity index (χ3v) is 14.0. The second-order valence-corrected chi connectivity index (χ2v) is 18.7. The molecule has 0 amide bonds. The van der Waals surface area contributed by atoms with Gasteiger partial charge in [-0.3, -0.25) is 0 Å². The van der Waals surface area contributed by atoms with Crippen LogP contribution >= 0.6 is 0 Å². The van der Waals surface area contributed by atoms with Gasteiger partial charge in [-0.05, 0) is 161 Å². The van der Waals surface area contributed by atoms with Gasteiger partial charge in [0.25, 0.3) is 0 Å². The van der Waals surface area contributed by atoms with Crippen LogP contribution in [0.1, 0.15) is 89.0 Å². The highest BCUT2D eigenvalue weighted by Crippen LogP contribution is 2.37. The van der Waals surface area contributed by atoms with Crippen LogP contribution in [0.25, 0.3) is 46.6 Å². The van der Waals surface area contributed by atoms with Crippen molar-refractivity contribution in [2.24, 2.45) is 0 Å². The Morgan fingerprint density at radius 3 is 0.472 bits per heavy atom. The van der Waals surface area contributed by atoms with Crippen LogP contribution in [0.2, 0.25) is 0 Å². The maximum Gasteiger partial charge on any atom is -0.0105 e. The molecule has 0 aliphatic heterocycles. The van der Waals surface area contributed by atoms with E-state index in [0.29, 0.717) is 0 Å². The summed E-state index contributed by atoms with van der Waals surface area (Å²) in [6.07, 6.45) is 13.2. The van der Waals surface area contributed by atoms with E-state index in [4.69, 9.17) is 0 Å². The van der Waals surface area contributed by atoms with Crippen molar-refractivity contribution in [3.63, 3.8) is 0 Å². The summed E-state index contributed by atoms with van der Waals surface area (Å²) in [5.41, 5.74) is 24.9. The minimum Gasteiger partial charge on any atom is -0.0622 e. The Kier molecular flexibility index (Phi) is 13.8. The summed E-state index contributed by atoms with van der Waals surface area (Å²) in [5, 5.41) is 0. The molecule has 0 fully saturated rings. The minimum absolute atomic E-state index is 0.843. The van der Waals surface area contributed by atoms with Crippen LogP contribution in [0.5, 0.6) is 0 Å². The standard InChI is InChI=1S/C72H56/c1-9-25-53(26-10-1)69(54-27-11-2-12-28-54)49-65-45-62-43-44-64-48-67(51-71(57-33-17-5-18-34-57)58-35-19-6-20-36-58)63(47-68(64)52-72(59-37-21-7-22-38-59)60-39-23-8-24-40-60)42-41-61(65)46-66(62)50-70(55-29-13-3-14-30-55)56-31-15-4-16-32-56/h1-40,45-52H,41-44H2. The van der Waals surface area contributed by atoms with E-state index in [9.17, 15) is 0 Å². The quantitative estimate of drug-likeness (QED) is 0.107. The molecule has 0 unspecified atom stereocenters. The lowest BCUT2D eigenvalue weighted by Crippen LogP contribution is -2.07. The molecule has 0 aromatic heterocycles. The van der Waals surface area contributed by atoms with Crippen molar-refractivity contribution in [2.45, 2.75) is 25.7 Å². The van der Waals surface area contributed by atoms with Crippen LogP contribution in [-0.2, 0) is 25.7 Å². The van der Waals surface area contributed by atoms with E-state index >= 15 is 0 Å². The molecule has 344 valence electrons. The first-order chi connectivity index (χ1) is 35.7. The zero-order valence-electron chi connectivity index (χ0n) is 40.5. The molecular weight excluding hydrogens is 865 g/mol. The maximum absolute atomic E-state index is 2.52. The van der Waals surface area contributed by atoms with Crippen molar-refractivity contribution < 1.29 is 0 Å². The lowest BCUT2D eigenvalue weighted by atomic mass is 9.83. The Labute approximate surface area is 426 Å². The summed E-state index contributed by atoms with van der Waals surface area (Å²) in [6, 6.07) is 97.2. The normalized spacial score (nSPS) is 11.7. The van der Waals surface area contributed by atoms with Crippen molar-refractivity contribution in [1.82, 2.24) is 0 Å². The van der Waals surface area contributed by atoms with Crippen molar-refractivity contribution in [3.05, 3.63) is 356 Å². The Bertz CT molecular complexity index is 2880. The molecule has 0 atom stereocenters. The average Bonchev–Trinajstić information content (AvgIpc) is 3.45. The fraction of sp³-hybridized carbons (Fsp3) is 0.0556. The molecule has 72 heavy (non-hydrogen) atoms. The van der Waals surface area contributed by atoms with Gasteiger partial charge in [-0.1, -0.05) is 267 Å². The third-order valence-electron chi connectivity index (χ3n) is 14.0. The molecule has 4 bridgehead atoms. The van der Waals surface area contributed by atoms with Crippen molar-refractivity contribution in [2.75, 3.05) is 0 Å². The van der Waals surface area contributed by atoms with E-state index in [2.05, 4.69) is 291 Å². The number of benzene rings is 10. The first kappa shape index (κ1) is 45.6. The molecule has 0 N–H and O–H groups in total. The fourth-order valence-corrected chi connectivity index (χ4v) is 10.3. The summed E-state index contributed by atoms with van der Waals surface area (Å²) < 4.78 is 0. The van der Waals surface area contributed by atoms with Crippen LogP contribution in [0, 0.1) is 0 Å². The van der Waals surface area contributed by atoms with Gasteiger partial charge in [0.15, 0.2) is 0 Å². The van der Waals surface area contributed by atoms with Gasteiger partial charge in [0.05, 0.1) is 0 Å². The van der Waals surface area contributed by atoms with E-state index < -0.39 is 0 Å². The first-order valence-corrected chi connectivity index (χ1v) is 25.3. The lowest BCUT2D eigenvalue weighted by Gasteiger charge is -2.21. The van der Waals surface area contributed by atoms with Gasteiger partial charge in [-0.2, -0.15) is 0 Å². The van der Waals surface area contributed by atoms with Gasteiger partial charge < -0.3 is 0 Å². The van der Waals surface area contributed by atoms with Crippen LogP contribution in [0.4, 0.5) is 0 Å². The predicted molar refractivity (Wildman–Crippen MR) is 307 cm³/mol. The van der Waals surface area contributed by atoms with Gasteiger partial charge in [0.2, 0.25) is 0 Å².